The van der Waals surface area contributed by atoms with Crippen molar-refractivity contribution in [3.8, 4) is 0 Å². The van der Waals surface area contributed by atoms with Crippen molar-refractivity contribution < 1.29 is 9.18 Å². The van der Waals surface area contributed by atoms with Gasteiger partial charge in [0.25, 0.3) is 0 Å². The van der Waals surface area contributed by atoms with Crippen LogP contribution < -0.4 is 0 Å². The lowest BCUT2D eigenvalue weighted by atomic mass is 10.1. The van der Waals surface area contributed by atoms with Crippen molar-refractivity contribution in [2.75, 3.05) is 18.8 Å². The molecule has 0 radical (unpaired) electrons. The highest BCUT2D eigenvalue weighted by Crippen LogP contribution is 2.35. The molecular formula is C20H19ClFNOS. The Morgan fingerprint density at radius 1 is 1.16 bits per heavy atom. The Balaban J connectivity index is 1.64. The number of thioether (sulfide) groups is 1. The zero-order chi connectivity index (χ0) is 17.6. The molecule has 2 aromatic rings. The smallest absolute Gasteiger partial charge is 0.246 e. The zero-order valence-corrected chi connectivity index (χ0v) is 15.3. The number of carbonyl (C=O) groups is 1. The fourth-order valence-corrected chi connectivity index (χ4v) is 4.30. The molecule has 5 heteroatoms. The van der Waals surface area contributed by atoms with Crippen LogP contribution in [0.15, 0.2) is 54.6 Å². The van der Waals surface area contributed by atoms with Crippen LogP contribution >= 0.6 is 23.4 Å². The molecule has 0 bridgehead atoms. The van der Waals surface area contributed by atoms with Crippen LogP contribution in [0.25, 0.3) is 6.08 Å². The average molecular weight is 376 g/mol. The summed E-state index contributed by atoms with van der Waals surface area (Å²) in [6.07, 6.45) is 4.06. The molecule has 1 amide bonds. The lowest BCUT2D eigenvalue weighted by Gasteiger charge is -2.18. The van der Waals surface area contributed by atoms with E-state index in [0.29, 0.717) is 18.1 Å². The maximum Gasteiger partial charge on any atom is 0.246 e. The van der Waals surface area contributed by atoms with Gasteiger partial charge in [-0.1, -0.05) is 48.0 Å². The minimum atomic E-state index is -0.168. The molecule has 1 heterocycles. The van der Waals surface area contributed by atoms with Gasteiger partial charge >= 0.3 is 0 Å². The molecule has 25 heavy (non-hydrogen) atoms. The SMILES string of the molecule is O=C(C=Cc1ccccc1Cl)N1CCSC(c2ccccc2F)CC1. The Kier molecular flexibility index (Phi) is 6.16. The quantitative estimate of drug-likeness (QED) is 0.687. The van der Waals surface area contributed by atoms with Gasteiger partial charge in [-0.25, -0.2) is 4.39 Å². The van der Waals surface area contributed by atoms with Gasteiger partial charge in [0.1, 0.15) is 5.82 Å². The highest BCUT2D eigenvalue weighted by Gasteiger charge is 2.22. The number of carbonyl (C=O) groups excluding carboxylic acids is 1. The highest BCUT2D eigenvalue weighted by atomic mass is 35.5. The van der Waals surface area contributed by atoms with E-state index in [2.05, 4.69) is 0 Å². The van der Waals surface area contributed by atoms with Crippen molar-refractivity contribution >= 4 is 35.3 Å². The van der Waals surface area contributed by atoms with E-state index in [1.807, 2.05) is 35.2 Å². The van der Waals surface area contributed by atoms with E-state index >= 15 is 0 Å². The summed E-state index contributed by atoms with van der Waals surface area (Å²) in [7, 11) is 0. The molecule has 1 aliphatic heterocycles. The van der Waals surface area contributed by atoms with Gasteiger partial charge in [0.15, 0.2) is 0 Å². The highest BCUT2D eigenvalue weighted by molar-refractivity contribution is 7.99. The first-order valence-electron chi connectivity index (χ1n) is 8.22. The topological polar surface area (TPSA) is 20.3 Å². The third-order valence-corrected chi connectivity index (χ3v) is 5.87. The van der Waals surface area contributed by atoms with E-state index in [0.717, 1.165) is 23.3 Å². The number of halogens is 2. The summed E-state index contributed by atoms with van der Waals surface area (Å²) in [5.74, 6) is 0.595. The van der Waals surface area contributed by atoms with Crippen LogP contribution in [0, 0.1) is 5.82 Å². The molecule has 2 nitrogen and oxygen atoms in total. The van der Waals surface area contributed by atoms with Crippen LogP contribution in [0.1, 0.15) is 22.8 Å². The van der Waals surface area contributed by atoms with E-state index in [9.17, 15) is 9.18 Å². The summed E-state index contributed by atoms with van der Waals surface area (Å²) < 4.78 is 14.0. The van der Waals surface area contributed by atoms with Crippen molar-refractivity contribution in [1.29, 1.82) is 0 Å². The van der Waals surface area contributed by atoms with Gasteiger partial charge in [0, 0.05) is 40.8 Å². The van der Waals surface area contributed by atoms with Gasteiger partial charge < -0.3 is 4.90 Å². The summed E-state index contributed by atoms with van der Waals surface area (Å²) in [4.78, 5) is 14.3. The normalized spacial score (nSPS) is 18.3. The Bertz CT molecular complexity index is 780. The second-order valence-electron chi connectivity index (χ2n) is 5.85. The van der Waals surface area contributed by atoms with Crippen LogP contribution in [0.4, 0.5) is 4.39 Å². The molecule has 0 spiro atoms. The number of hydrogen-bond donors (Lipinski definition) is 0. The summed E-state index contributed by atoms with van der Waals surface area (Å²) in [5, 5.41) is 0.712. The van der Waals surface area contributed by atoms with Gasteiger partial charge in [-0.2, -0.15) is 11.8 Å². The molecule has 1 aliphatic rings. The third kappa shape index (κ3) is 4.65. The Morgan fingerprint density at radius 3 is 2.72 bits per heavy atom. The van der Waals surface area contributed by atoms with E-state index in [1.54, 1.807) is 36.0 Å². The number of rotatable bonds is 3. The van der Waals surface area contributed by atoms with Crippen molar-refractivity contribution in [2.45, 2.75) is 11.7 Å². The van der Waals surface area contributed by atoms with E-state index in [1.165, 1.54) is 6.07 Å². The predicted molar refractivity (Wildman–Crippen MR) is 103 cm³/mol. The number of benzene rings is 2. The molecule has 1 saturated heterocycles. The molecule has 130 valence electrons. The van der Waals surface area contributed by atoms with Gasteiger partial charge in [-0.3, -0.25) is 4.79 Å². The summed E-state index contributed by atoms with van der Waals surface area (Å²) in [6, 6.07) is 14.3. The third-order valence-electron chi connectivity index (χ3n) is 4.22. The van der Waals surface area contributed by atoms with E-state index in [4.69, 9.17) is 11.6 Å². The Labute approximate surface area is 156 Å². The number of hydrogen-bond acceptors (Lipinski definition) is 2. The monoisotopic (exact) mass is 375 g/mol. The molecule has 0 N–H and O–H groups in total. The van der Waals surface area contributed by atoms with E-state index < -0.39 is 0 Å². The van der Waals surface area contributed by atoms with Crippen LogP contribution in [-0.2, 0) is 4.79 Å². The van der Waals surface area contributed by atoms with Gasteiger partial charge in [-0.05, 0) is 30.2 Å². The molecular weight excluding hydrogens is 357 g/mol. The number of nitrogens with zero attached hydrogens (tertiary/aromatic N) is 1. The fourth-order valence-electron chi connectivity index (χ4n) is 2.85. The summed E-state index contributed by atoms with van der Waals surface area (Å²) in [6.45, 7) is 1.29. The van der Waals surface area contributed by atoms with Crippen molar-refractivity contribution in [3.63, 3.8) is 0 Å². The number of amides is 1. The Morgan fingerprint density at radius 2 is 1.92 bits per heavy atom. The van der Waals surface area contributed by atoms with Crippen molar-refractivity contribution in [2.24, 2.45) is 0 Å². The lowest BCUT2D eigenvalue weighted by Crippen LogP contribution is -2.31. The first kappa shape index (κ1) is 18.0. The van der Waals surface area contributed by atoms with Crippen LogP contribution in [-0.4, -0.2) is 29.6 Å². The molecule has 3 rings (SSSR count). The standard InChI is InChI=1S/C20H19ClFNOS/c21-17-7-3-1-5-15(17)9-10-20(24)23-12-11-19(25-14-13-23)16-6-2-4-8-18(16)22/h1-10,19H,11-14H2. The maximum atomic E-state index is 14.0. The van der Waals surface area contributed by atoms with Gasteiger partial charge in [-0.15, -0.1) is 0 Å². The van der Waals surface area contributed by atoms with Crippen LogP contribution in [0.3, 0.4) is 0 Å². The lowest BCUT2D eigenvalue weighted by molar-refractivity contribution is -0.125. The second kappa shape index (κ2) is 8.54. The first-order valence-corrected chi connectivity index (χ1v) is 9.65. The van der Waals surface area contributed by atoms with E-state index in [-0.39, 0.29) is 17.0 Å². The molecule has 0 aliphatic carbocycles. The molecule has 2 aromatic carbocycles. The van der Waals surface area contributed by atoms with Crippen LogP contribution in [0.2, 0.25) is 5.02 Å². The van der Waals surface area contributed by atoms with Crippen LogP contribution in [0.5, 0.6) is 0 Å². The van der Waals surface area contributed by atoms with Gasteiger partial charge in [0.05, 0.1) is 0 Å². The predicted octanol–water partition coefficient (Wildman–Crippen LogP) is 5.20. The minimum Gasteiger partial charge on any atom is -0.338 e. The molecule has 1 atom stereocenters. The van der Waals surface area contributed by atoms with Crippen molar-refractivity contribution in [3.05, 3.63) is 76.6 Å². The Hall–Kier alpha value is -1.78. The summed E-state index contributed by atoms with van der Waals surface area (Å²) in [5.41, 5.74) is 1.55. The van der Waals surface area contributed by atoms with Gasteiger partial charge in [0.2, 0.25) is 5.91 Å². The minimum absolute atomic E-state index is 0.0327. The maximum absolute atomic E-state index is 14.0. The van der Waals surface area contributed by atoms with Crippen molar-refractivity contribution in [1.82, 2.24) is 4.90 Å². The fraction of sp³-hybridized carbons (Fsp3) is 0.250. The first-order chi connectivity index (χ1) is 12.1. The molecule has 0 saturated carbocycles. The molecule has 1 unspecified atom stereocenters. The average Bonchev–Trinajstić information content (AvgIpc) is 2.87. The zero-order valence-electron chi connectivity index (χ0n) is 13.7. The molecule has 0 aromatic heterocycles. The largest absolute Gasteiger partial charge is 0.338 e. The molecule has 1 fully saturated rings. The summed E-state index contributed by atoms with van der Waals surface area (Å²) >= 11 is 7.82. The second-order valence-corrected chi connectivity index (χ2v) is 7.57.